The van der Waals surface area contributed by atoms with Gasteiger partial charge >= 0.3 is 6.18 Å². The summed E-state index contributed by atoms with van der Waals surface area (Å²) < 4.78 is 47.8. The van der Waals surface area contributed by atoms with Gasteiger partial charge in [-0.1, -0.05) is 0 Å². The van der Waals surface area contributed by atoms with Crippen molar-refractivity contribution in [2.75, 3.05) is 52.5 Å². The minimum Gasteiger partial charge on any atom is -0.476 e. The van der Waals surface area contributed by atoms with Crippen molar-refractivity contribution in [3.8, 4) is 5.88 Å². The van der Waals surface area contributed by atoms with Crippen LogP contribution >= 0.6 is 0 Å². The van der Waals surface area contributed by atoms with Crippen LogP contribution < -0.4 is 15.8 Å². The third kappa shape index (κ3) is 7.44. The number of aromatic nitrogens is 1. The summed E-state index contributed by atoms with van der Waals surface area (Å²) >= 11 is 0. The third-order valence-electron chi connectivity index (χ3n) is 3.74. The van der Waals surface area contributed by atoms with Crippen LogP contribution in [0.3, 0.4) is 0 Å². The third-order valence-corrected chi connectivity index (χ3v) is 3.74. The van der Waals surface area contributed by atoms with E-state index in [-0.39, 0.29) is 12.5 Å². The Balaban J connectivity index is 1.56. The molecule has 0 unspecified atom stereocenters. The number of hydrogen-bond acceptors (Lipinski definition) is 5. The molecule has 0 amide bonds. The number of guanidine groups is 1. The number of hydrogen-bond donors (Lipinski definition) is 2. The molecule has 1 aliphatic heterocycles. The Bertz CT molecular complexity index is 560. The highest BCUT2D eigenvalue weighted by molar-refractivity contribution is 5.77. The molecular formula is C16H24F3N5O2. The van der Waals surface area contributed by atoms with Gasteiger partial charge in [0.2, 0.25) is 5.88 Å². The van der Waals surface area contributed by atoms with Crippen molar-refractivity contribution in [2.45, 2.75) is 12.6 Å². The van der Waals surface area contributed by atoms with Gasteiger partial charge in [-0.25, -0.2) is 4.98 Å². The zero-order chi connectivity index (χ0) is 18.8. The lowest BCUT2D eigenvalue weighted by atomic mass is 10.3. The summed E-state index contributed by atoms with van der Waals surface area (Å²) in [4.78, 5) is 10.2. The highest BCUT2D eigenvalue weighted by Gasteiger charge is 2.30. The summed E-state index contributed by atoms with van der Waals surface area (Å²) in [7, 11) is 0. The fourth-order valence-electron chi connectivity index (χ4n) is 2.34. The highest BCUT2D eigenvalue weighted by Crippen LogP contribution is 2.29. The van der Waals surface area contributed by atoms with Gasteiger partial charge in [0.25, 0.3) is 0 Å². The smallest absolute Gasteiger partial charge is 0.417 e. The lowest BCUT2D eigenvalue weighted by molar-refractivity contribution is -0.137. The van der Waals surface area contributed by atoms with Gasteiger partial charge < -0.3 is 20.5 Å². The van der Waals surface area contributed by atoms with Gasteiger partial charge in [0.15, 0.2) is 5.96 Å². The van der Waals surface area contributed by atoms with Gasteiger partial charge in [0, 0.05) is 38.4 Å². The Labute approximate surface area is 150 Å². The van der Waals surface area contributed by atoms with E-state index in [1.807, 2.05) is 0 Å². The van der Waals surface area contributed by atoms with Crippen molar-refractivity contribution in [3.05, 3.63) is 23.9 Å². The number of pyridine rings is 1. The first-order chi connectivity index (χ1) is 12.4. The maximum absolute atomic E-state index is 12.4. The fraction of sp³-hybridized carbons (Fsp3) is 0.625. The van der Waals surface area contributed by atoms with E-state index in [0.29, 0.717) is 19.0 Å². The predicted molar refractivity (Wildman–Crippen MR) is 91.1 cm³/mol. The van der Waals surface area contributed by atoms with Gasteiger partial charge in [-0.2, -0.15) is 13.2 Å². The molecule has 0 radical (unpaired) electrons. The molecule has 0 aliphatic carbocycles. The van der Waals surface area contributed by atoms with E-state index in [2.05, 4.69) is 20.2 Å². The second-order valence-electron chi connectivity index (χ2n) is 5.73. The molecule has 2 rings (SSSR count). The number of nitrogens with one attached hydrogen (secondary N) is 1. The van der Waals surface area contributed by atoms with Crippen molar-refractivity contribution in [2.24, 2.45) is 10.7 Å². The Hall–Kier alpha value is -2.07. The van der Waals surface area contributed by atoms with Crippen LogP contribution in [0.5, 0.6) is 5.88 Å². The van der Waals surface area contributed by atoms with E-state index in [4.69, 9.17) is 15.2 Å². The summed E-state index contributed by atoms with van der Waals surface area (Å²) in [6.45, 7) is 5.63. The average Bonchev–Trinajstić information content (AvgIpc) is 2.63. The SMILES string of the molecule is NC(=NCCCN1CCOCC1)NCCOc1ccc(C(F)(F)F)cn1. The van der Waals surface area contributed by atoms with Crippen molar-refractivity contribution >= 4 is 5.96 Å². The average molecular weight is 375 g/mol. The molecule has 1 aromatic rings. The monoisotopic (exact) mass is 375 g/mol. The maximum Gasteiger partial charge on any atom is 0.417 e. The standard InChI is InChI=1S/C16H24F3N5O2/c17-16(18,19)13-2-3-14(23-12-13)26-9-5-22-15(20)21-4-1-6-24-7-10-25-11-8-24/h2-3,12H,1,4-11H2,(H3,20,21,22). The van der Waals surface area contributed by atoms with Crippen LogP contribution in [0.25, 0.3) is 0 Å². The molecule has 26 heavy (non-hydrogen) atoms. The molecule has 0 saturated carbocycles. The lowest BCUT2D eigenvalue weighted by Crippen LogP contribution is -2.37. The zero-order valence-electron chi connectivity index (χ0n) is 14.5. The van der Waals surface area contributed by atoms with E-state index in [0.717, 1.165) is 51.5 Å². The van der Waals surface area contributed by atoms with Gasteiger partial charge in [-0.15, -0.1) is 0 Å². The van der Waals surface area contributed by atoms with Crippen molar-refractivity contribution < 1.29 is 22.6 Å². The lowest BCUT2D eigenvalue weighted by Gasteiger charge is -2.26. The van der Waals surface area contributed by atoms with E-state index < -0.39 is 11.7 Å². The van der Waals surface area contributed by atoms with Crippen LogP contribution in [0.2, 0.25) is 0 Å². The number of halogens is 3. The second kappa shape index (κ2) is 10.2. The van der Waals surface area contributed by atoms with Crippen LogP contribution in [0.1, 0.15) is 12.0 Å². The molecule has 1 saturated heterocycles. The van der Waals surface area contributed by atoms with E-state index in [9.17, 15) is 13.2 Å². The molecule has 0 atom stereocenters. The summed E-state index contributed by atoms with van der Waals surface area (Å²) in [5.74, 6) is 0.441. The fourth-order valence-corrected chi connectivity index (χ4v) is 2.34. The van der Waals surface area contributed by atoms with E-state index in [1.165, 1.54) is 6.07 Å². The van der Waals surface area contributed by atoms with Gasteiger partial charge in [0.1, 0.15) is 6.61 Å². The maximum atomic E-state index is 12.4. The molecule has 1 aliphatic rings. The van der Waals surface area contributed by atoms with Crippen molar-refractivity contribution in [1.82, 2.24) is 15.2 Å². The first kappa shape index (κ1) is 20.2. The Morgan fingerprint density at radius 3 is 2.77 bits per heavy atom. The summed E-state index contributed by atoms with van der Waals surface area (Å²) in [5.41, 5.74) is 4.94. The zero-order valence-corrected chi connectivity index (χ0v) is 14.5. The van der Waals surface area contributed by atoms with E-state index in [1.54, 1.807) is 0 Å². The minimum absolute atomic E-state index is 0.126. The van der Waals surface area contributed by atoms with Crippen LogP contribution in [0.4, 0.5) is 13.2 Å². The van der Waals surface area contributed by atoms with Crippen LogP contribution in [0.15, 0.2) is 23.3 Å². The number of aliphatic imine (C=N–C) groups is 1. The first-order valence-electron chi connectivity index (χ1n) is 8.45. The molecule has 7 nitrogen and oxygen atoms in total. The topological polar surface area (TPSA) is 85.0 Å². The number of nitrogens with two attached hydrogens (primary N) is 1. The Morgan fingerprint density at radius 2 is 2.12 bits per heavy atom. The molecular weight excluding hydrogens is 351 g/mol. The highest BCUT2D eigenvalue weighted by atomic mass is 19.4. The molecule has 0 spiro atoms. The van der Waals surface area contributed by atoms with Gasteiger partial charge in [-0.05, 0) is 12.5 Å². The summed E-state index contributed by atoms with van der Waals surface area (Å²) in [6, 6.07) is 2.12. The van der Waals surface area contributed by atoms with Crippen molar-refractivity contribution in [1.29, 1.82) is 0 Å². The molecule has 1 aromatic heterocycles. The quantitative estimate of drug-likeness (QED) is 0.402. The Morgan fingerprint density at radius 1 is 1.35 bits per heavy atom. The number of rotatable bonds is 8. The normalized spacial score (nSPS) is 16.5. The number of alkyl halides is 3. The molecule has 146 valence electrons. The first-order valence-corrected chi connectivity index (χ1v) is 8.45. The van der Waals surface area contributed by atoms with Crippen LogP contribution in [-0.4, -0.2) is 68.4 Å². The van der Waals surface area contributed by atoms with Gasteiger partial charge in [0.05, 0.1) is 25.3 Å². The molecule has 2 heterocycles. The van der Waals surface area contributed by atoms with Gasteiger partial charge in [-0.3, -0.25) is 9.89 Å². The van der Waals surface area contributed by atoms with Crippen molar-refractivity contribution in [3.63, 3.8) is 0 Å². The van der Waals surface area contributed by atoms with Crippen LogP contribution in [-0.2, 0) is 10.9 Å². The molecule has 0 aromatic carbocycles. The van der Waals surface area contributed by atoms with E-state index >= 15 is 0 Å². The second-order valence-corrected chi connectivity index (χ2v) is 5.73. The number of morpholine rings is 1. The summed E-state index contributed by atoms with van der Waals surface area (Å²) in [6.07, 6.45) is -2.75. The number of ether oxygens (including phenoxy) is 2. The predicted octanol–water partition coefficient (Wildman–Crippen LogP) is 1.11. The minimum atomic E-state index is -4.40. The molecule has 1 fully saturated rings. The Kier molecular flexibility index (Phi) is 7.92. The summed E-state index contributed by atoms with van der Waals surface area (Å²) in [5, 5.41) is 2.89. The number of nitrogens with zero attached hydrogens (tertiary/aromatic N) is 3. The molecule has 3 N–H and O–H groups in total. The van der Waals surface area contributed by atoms with Crippen LogP contribution in [0, 0.1) is 0 Å². The molecule has 0 bridgehead atoms. The molecule has 10 heteroatoms. The largest absolute Gasteiger partial charge is 0.476 e.